The van der Waals surface area contributed by atoms with Crippen molar-refractivity contribution in [3.8, 4) is 5.75 Å². The maximum Gasteiger partial charge on any atom is 0.358 e. The molecule has 9 rings (SSSR count). The van der Waals surface area contributed by atoms with Crippen LogP contribution in [0.5, 0.6) is 5.75 Å². The number of hydrogen-bond donors (Lipinski definition) is 0. The molecule has 0 saturated heterocycles. The quantitative estimate of drug-likeness (QED) is 0.0442. The van der Waals surface area contributed by atoms with E-state index in [1.54, 1.807) is 0 Å². The first-order chi connectivity index (χ1) is 32.4. The van der Waals surface area contributed by atoms with Crippen LogP contribution in [0, 0.1) is 7.14 Å². The molecule has 0 fully saturated rings. The molecule has 7 nitrogen and oxygen atoms in total. The molecule has 0 N–H and O–H groups in total. The SMILES string of the molecule is CC(=O)OCCCN1/C(=C/C=C2\CCC(/C=C/C3=[N+](CCCOC(C)=O)c4ccc5ccccc5c4C3(C)C)=C2Oc2cccc([I+]c3ccccc3)c2)C(C)(C)c2c1ccc1ccccc21. The number of halogens is 1. The molecule has 0 bridgehead atoms. The Morgan fingerprint density at radius 1 is 0.672 bits per heavy atom. The highest BCUT2D eigenvalue weighted by Gasteiger charge is 2.46. The van der Waals surface area contributed by atoms with Gasteiger partial charge in [-0.15, -0.1) is 0 Å². The van der Waals surface area contributed by atoms with Crippen molar-refractivity contribution in [2.45, 2.75) is 78.1 Å². The Balaban J connectivity index is 1.13. The van der Waals surface area contributed by atoms with Gasteiger partial charge in [0.1, 0.15) is 11.5 Å². The summed E-state index contributed by atoms with van der Waals surface area (Å²) in [6.07, 6.45) is 12.3. The highest BCUT2D eigenvalue weighted by molar-refractivity contribution is 6.08. The van der Waals surface area contributed by atoms with Gasteiger partial charge in [-0.25, -0.2) is 0 Å². The third-order valence-corrected chi connectivity index (χ3v) is 15.9. The van der Waals surface area contributed by atoms with E-state index in [1.165, 1.54) is 76.4 Å². The molecule has 0 atom stereocenters. The largest absolute Gasteiger partial charge is 0.466 e. The van der Waals surface area contributed by atoms with E-state index in [0.29, 0.717) is 39.1 Å². The lowest BCUT2D eigenvalue weighted by Crippen LogP contribution is -3.61. The van der Waals surface area contributed by atoms with E-state index in [0.717, 1.165) is 35.5 Å². The fourth-order valence-corrected chi connectivity index (χ4v) is 12.6. The molecule has 2 heterocycles. The van der Waals surface area contributed by atoms with E-state index in [2.05, 4.69) is 189 Å². The summed E-state index contributed by atoms with van der Waals surface area (Å²) >= 11 is -0.387. The number of nitrogens with zero attached hydrogens (tertiary/aromatic N) is 2. The van der Waals surface area contributed by atoms with Gasteiger partial charge in [0.2, 0.25) is 5.69 Å². The van der Waals surface area contributed by atoms with E-state index < -0.39 is 0 Å². The summed E-state index contributed by atoms with van der Waals surface area (Å²) in [5.41, 5.74) is 9.09. The van der Waals surface area contributed by atoms with Gasteiger partial charge in [-0.2, -0.15) is 4.58 Å². The zero-order valence-electron chi connectivity index (χ0n) is 39.4. The summed E-state index contributed by atoms with van der Waals surface area (Å²) in [4.78, 5) is 25.9. The number of fused-ring (bicyclic) bond motifs is 6. The highest BCUT2D eigenvalue weighted by atomic mass is 127. The van der Waals surface area contributed by atoms with Crippen LogP contribution in [0.1, 0.15) is 78.4 Å². The van der Waals surface area contributed by atoms with Crippen LogP contribution in [-0.4, -0.2) is 48.5 Å². The van der Waals surface area contributed by atoms with Crippen LogP contribution in [-0.2, 0) is 29.9 Å². The Bertz CT molecular complexity index is 3050. The van der Waals surface area contributed by atoms with E-state index >= 15 is 0 Å². The number of carbonyl (C=O) groups excluding carboxylic acids is 2. The van der Waals surface area contributed by atoms with Crippen molar-refractivity contribution < 1.29 is 49.6 Å². The van der Waals surface area contributed by atoms with Crippen LogP contribution in [0.3, 0.4) is 0 Å². The number of allylic oxidation sites excluding steroid dienone is 7. The molecule has 67 heavy (non-hydrogen) atoms. The second-order valence-corrected chi connectivity index (χ2v) is 21.6. The molecule has 340 valence electrons. The topological polar surface area (TPSA) is 68.1 Å². The third-order valence-electron chi connectivity index (χ3n) is 13.3. The normalized spacial score (nSPS) is 17.3. The van der Waals surface area contributed by atoms with Gasteiger partial charge in [-0.3, -0.25) is 9.59 Å². The number of anilines is 1. The monoisotopic (exact) mass is 1000 g/mol. The van der Waals surface area contributed by atoms with E-state index in [9.17, 15) is 9.59 Å². The molecule has 6 aromatic carbocycles. The van der Waals surface area contributed by atoms with Crippen LogP contribution >= 0.6 is 0 Å². The smallest absolute Gasteiger partial charge is 0.358 e. The van der Waals surface area contributed by atoms with Gasteiger partial charge in [0.15, 0.2) is 19.4 Å². The van der Waals surface area contributed by atoms with Crippen molar-refractivity contribution in [1.82, 2.24) is 0 Å². The van der Waals surface area contributed by atoms with Crippen molar-refractivity contribution in [2.75, 3.05) is 31.2 Å². The zero-order chi connectivity index (χ0) is 46.7. The number of esters is 2. The lowest BCUT2D eigenvalue weighted by molar-refractivity contribution is -0.597. The van der Waals surface area contributed by atoms with Gasteiger partial charge in [-0.1, -0.05) is 98.8 Å². The number of ether oxygens (including phenoxy) is 3. The first-order valence-electron chi connectivity index (χ1n) is 23.4. The molecule has 6 aromatic rings. The van der Waals surface area contributed by atoms with Crippen LogP contribution in [0.15, 0.2) is 174 Å². The lowest BCUT2D eigenvalue weighted by Gasteiger charge is -2.27. The van der Waals surface area contributed by atoms with E-state index in [1.807, 2.05) is 0 Å². The Kier molecular flexibility index (Phi) is 13.4. The second-order valence-electron chi connectivity index (χ2n) is 18.6. The Morgan fingerprint density at radius 3 is 2.06 bits per heavy atom. The predicted octanol–water partition coefficient (Wildman–Crippen LogP) is 9.70. The second kappa shape index (κ2) is 19.5. The standard InChI is InChI=1S/C59H59IN2O5/c1-40(63)65-37-15-35-61-51-31-27-42-17-10-12-23-49(42)55(51)58(3,4)53(61)33-29-44-25-26-45(57(44)67-48-22-14-21-47(39-48)60-46-19-8-7-9-20-46)30-34-54-59(5,6)56-50-24-13-11-18-43(50)28-32-52(56)62(54)36-16-38-66-41(2)64/h7-14,17-24,27-34,39H,15-16,25-26,35-38H2,1-6H3/q+2. The average molecular weight is 1000 g/mol. The van der Waals surface area contributed by atoms with Crippen LogP contribution < -0.4 is 30.8 Å². The number of hydrogen-bond acceptors (Lipinski definition) is 6. The molecule has 2 aliphatic heterocycles. The minimum absolute atomic E-state index is 0.258. The summed E-state index contributed by atoms with van der Waals surface area (Å²) in [5.74, 6) is 1.21. The third kappa shape index (κ3) is 9.51. The van der Waals surface area contributed by atoms with Crippen molar-refractivity contribution in [3.05, 3.63) is 193 Å². The highest BCUT2D eigenvalue weighted by Crippen LogP contribution is 2.51. The molecule has 0 unspecified atom stereocenters. The van der Waals surface area contributed by atoms with Crippen LogP contribution in [0.25, 0.3) is 21.5 Å². The molecular weight excluding hydrogens is 944 g/mol. The van der Waals surface area contributed by atoms with Crippen LogP contribution in [0.2, 0.25) is 0 Å². The molecule has 0 spiro atoms. The van der Waals surface area contributed by atoms with Gasteiger partial charge in [-0.05, 0) is 120 Å². The summed E-state index contributed by atoms with van der Waals surface area (Å²) in [5, 5.41) is 4.95. The Hall–Kier alpha value is -6.26. The first kappa shape index (κ1) is 45.9. The molecule has 1 aliphatic carbocycles. The van der Waals surface area contributed by atoms with Crippen LogP contribution in [0.4, 0.5) is 11.4 Å². The molecule has 0 amide bonds. The number of benzene rings is 6. The van der Waals surface area contributed by atoms with Crippen molar-refractivity contribution in [1.29, 1.82) is 0 Å². The summed E-state index contributed by atoms with van der Waals surface area (Å²) in [6, 6.07) is 45.6. The Labute approximate surface area is 405 Å². The van der Waals surface area contributed by atoms with Gasteiger partial charge < -0.3 is 19.1 Å². The first-order valence-corrected chi connectivity index (χ1v) is 25.6. The molecule has 8 heteroatoms. The minimum Gasteiger partial charge on any atom is -0.466 e. The van der Waals surface area contributed by atoms with Crippen molar-refractivity contribution >= 4 is 50.6 Å². The fourth-order valence-electron chi connectivity index (χ4n) is 10.3. The van der Waals surface area contributed by atoms with Gasteiger partial charge in [0, 0.05) is 67.4 Å². The number of carbonyl (C=O) groups is 2. The maximum absolute atomic E-state index is 11.7. The Morgan fingerprint density at radius 2 is 1.33 bits per heavy atom. The maximum atomic E-state index is 11.7. The van der Waals surface area contributed by atoms with Gasteiger partial charge in [0.25, 0.3) is 0 Å². The van der Waals surface area contributed by atoms with Gasteiger partial charge in [0.05, 0.1) is 18.6 Å². The number of rotatable bonds is 15. The molecule has 0 radical (unpaired) electrons. The lowest BCUT2D eigenvalue weighted by atomic mass is 9.79. The summed E-state index contributed by atoms with van der Waals surface area (Å²) < 4.78 is 23.0. The molecule has 0 saturated carbocycles. The molecule has 0 aromatic heterocycles. The van der Waals surface area contributed by atoms with Crippen molar-refractivity contribution in [2.24, 2.45) is 0 Å². The van der Waals surface area contributed by atoms with E-state index in [4.69, 9.17) is 14.2 Å². The predicted molar refractivity (Wildman–Crippen MR) is 266 cm³/mol. The summed E-state index contributed by atoms with van der Waals surface area (Å²) in [6.45, 7) is 14.4. The zero-order valence-corrected chi connectivity index (χ0v) is 41.6. The fraction of sp³-hybridized carbons (Fsp3) is 0.271. The minimum atomic E-state index is -0.387. The molecule has 3 aliphatic rings. The van der Waals surface area contributed by atoms with Gasteiger partial charge >= 0.3 is 33.1 Å². The molecular formula is C59H59IN2O5+2. The summed E-state index contributed by atoms with van der Waals surface area (Å²) in [7, 11) is 0. The average Bonchev–Trinajstić information content (AvgIpc) is 3.87. The van der Waals surface area contributed by atoms with Crippen molar-refractivity contribution in [3.63, 3.8) is 0 Å². The van der Waals surface area contributed by atoms with E-state index in [-0.39, 0.29) is 44.0 Å².